The molecule has 95 heavy (non-hydrogen) atoms. The highest BCUT2D eigenvalue weighted by atomic mass is 32.2. The third-order valence-electron chi connectivity index (χ3n) is 17.6. The molecule has 520 valence electrons. The highest BCUT2D eigenvalue weighted by molar-refractivity contribution is 7.90. The summed E-state index contributed by atoms with van der Waals surface area (Å²) < 4.78 is 191. The Morgan fingerprint density at radius 3 is 1.21 bits per heavy atom. The SMILES string of the molecule is CC(C)(C)OC(=O)NCC1(c2cccs2)CCN(S(=O)(=O)c2ccc(F)cc2)CC1.O=C1OCCN1S(=O)(=O)NCC1(c2cccs2)CCN(S(=O)(=O)c2ccc(F)cc2)CC1.O=S(=O)(NCC1(c2cccs2)CCN(S(=O)(=O)c2ccc(F)cc2)CC1)NC1CCCCC1. The van der Waals surface area contributed by atoms with Crippen molar-refractivity contribution in [1.82, 2.24) is 36.7 Å². The van der Waals surface area contributed by atoms with Crippen molar-refractivity contribution in [1.29, 1.82) is 0 Å². The van der Waals surface area contributed by atoms with E-state index in [1.165, 1.54) is 60.7 Å². The number of ether oxygens (including phenoxy) is 2. The quantitative estimate of drug-likeness (QED) is 0.0554. The second kappa shape index (κ2) is 30.8. The second-order valence-corrected chi connectivity index (χ2v) is 36.9. The Labute approximate surface area is 567 Å². The van der Waals surface area contributed by atoms with Crippen molar-refractivity contribution >= 4 is 96.7 Å². The summed E-state index contributed by atoms with van der Waals surface area (Å²) in [6.07, 6.45) is 6.36. The number of hydrogen-bond donors (Lipinski definition) is 4. The van der Waals surface area contributed by atoms with Gasteiger partial charge in [0.15, 0.2) is 0 Å². The molecule has 22 nitrogen and oxygen atoms in total. The summed E-state index contributed by atoms with van der Waals surface area (Å²) in [6.45, 7) is 7.45. The number of nitrogens with one attached hydrogen (secondary N) is 4. The Morgan fingerprint density at radius 1 is 0.526 bits per heavy atom. The van der Waals surface area contributed by atoms with Gasteiger partial charge in [0, 0.05) is 95.8 Å². The number of piperidine rings is 3. The van der Waals surface area contributed by atoms with E-state index in [4.69, 9.17) is 9.47 Å². The van der Waals surface area contributed by atoms with E-state index in [0.717, 1.165) is 83.1 Å². The molecule has 2 amide bonds. The lowest BCUT2D eigenvalue weighted by molar-refractivity contribution is 0.0505. The molecule has 0 radical (unpaired) electrons. The number of carbonyl (C=O) groups is 2. The van der Waals surface area contributed by atoms with Crippen molar-refractivity contribution in [2.24, 2.45) is 0 Å². The Morgan fingerprint density at radius 2 is 0.884 bits per heavy atom. The largest absolute Gasteiger partial charge is 0.447 e. The van der Waals surface area contributed by atoms with Crippen LogP contribution >= 0.6 is 34.0 Å². The van der Waals surface area contributed by atoms with Gasteiger partial charge >= 0.3 is 22.4 Å². The fourth-order valence-corrected chi connectivity index (χ4v) is 21.9. The predicted molar refractivity (Wildman–Crippen MR) is 357 cm³/mol. The van der Waals surface area contributed by atoms with Crippen LogP contribution < -0.4 is 19.5 Å². The maximum Gasteiger partial charge on any atom is 0.424 e. The Bertz CT molecular complexity index is 4100. The topological polar surface area (TPSA) is 284 Å². The minimum absolute atomic E-state index is 0.00597. The molecule has 7 heterocycles. The molecule has 6 aromatic rings. The van der Waals surface area contributed by atoms with E-state index in [1.807, 2.05) is 52.5 Å². The van der Waals surface area contributed by atoms with Crippen LogP contribution in [0, 0.1) is 17.5 Å². The molecule has 0 spiro atoms. The van der Waals surface area contributed by atoms with Crippen LogP contribution in [0.25, 0.3) is 0 Å². The molecule has 11 rings (SSSR count). The second-order valence-electron chi connectivity index (χ2n) is 25.0. The highest BCUT2D eigenvalue weighted by Crippen LogP contribution is 2.42. The number of rotatable bonds is 20. The number of nitrogens with zero attached hydrogens (tertiary/aromatic N) is 4. The van der Waals surface area contributed by atoms with Crippen LogP contribution in [0.5, 0.6) is 0 Å². The molecule has 3 aromatic heterocycles. The van der Waals surface area contributed by atoms with Crippen LogP contribution in [0.3, 0.4) is 0 Å². The van der Waals surface area contributed by atoms with Crippen LogP contribution in [0.15, 0.2) is 140 Å². The lowest BCUT2D eigenvalue weighted by Crippen LogP contribution is -2.52. The Balaban J connectivity index is 0.000000168. The number of sulfonamides is 3. The molecule has 4 N–H and O–H groups in total. The number of thiophene rings is 3. The van der Waals surface area contributed by atoms with Crippen molar-refractivity contribution in [3.05, 3.63) is 157 Å². The smallest absolute Gasteiger partial charge is 0.424 e. The number of alkyl carbamates (subject to hydrolysis) is 1. The maximum absolute atomic E-state index is 13.2. The first-order chi connectivity index (χ1) is 44.9. The third-order valence-corrected chi connectivity index (χ3v) is 29.3. The van der Waals surface area contributed by atoms with Gasteiger partial charge in [0.1, 0.15) is 29.7 Å². The third kappa shape index (κ3) is 18.5. The maximum atomic E-state index is 13.2. The number of carbonyl (C=O) groups excluding carboxylic acids is 2. The monoisotopic (exact) mass is 1470 g/mol. The van der Waals surface area contributed by atoms with Gasteiger partial charge in [-0.25, -0.2) is 52.7 Å². The van der Waals surface area contributed by atoms with E-state index in [1.54, 1.807) is 43.4 Å². The molecular weight excluding hydrogens is 1390 g/mol. The van der Waals surface area contributed by atoms with Gasteiger partial charge in [-0.2, -0.15) is 43.5 Å². The first kappa shape index (κ1) is 73.8. The summed E-state index contributed by atoms with van der Waals surface area (Å²) in [6, 6.07) is 26.0. The number of hydrogen-bond acceptors (Lipinski definition) is 17. The van der Waals surface area contributed by atoms with Crippen LogP contribution in [0.2, 0.25) is 0 Å². The first-order valence-corrected chi connectivity index (χ1v) is 40.8. The number of benzene rings is 3. The molecule has 1 aliphatic carbocycles. The molecule has 3 aromatic carbocycles. The van der Waals surface area contributed by atoms with Crippen molar-refractivity contribution in [2.75, 3.05) is 72.1 Å². The van der Waals surface area contributed by atoms with Gasteiger partial charge in [0.2, 0.25) is 30.1 Å². The van der Waals surface area contributed by atoms with Gasteiger partial charge in [-0.15, -0.1) is 34.0 Å². The zero-order valence-electron chi connectivity index (χ0n) is 52.7. The van der Waals surface area contributed by atoms with Crippen molar-refractivity contribution < 1.29 is 74.3 Å². The zero-order chi connectivity index (χ0) is 68.5. The minimum atomic E-state index is -4.08. The molecule has 0 bridgehead atoms. The number of halogens is 3. The summed E-state index contributed by atoms with van der Waals surface area (Å²) in [7, 11) is -19.0. The number of cyclic esters (lactones) is 1. The fraction of sp³-hybridized carbons (Fsp3) is 0.484. The molecular formula is C62H79F3N8O14S8. The van der Waals surface area contributed by atoms with Crippen LogP contribution in [0.4, 0.5) is 22.8 Å². The summed E-state index contributed by atoms with van der Waals surface area (Å²) in [5.41, 5.74) is -2.06. The fourth-order valence-electron chi connectivity index (χ4n) is 12.2. The van der Waals surface area contributed by atoms with Gasteiger partial charge in [-0.05, 0) is 179 Å². The summed E-state index contributed by atoms with van der Waals surface area (Å²) >= 11 is 4.62. The van der Waals surface area contributed by atoms with E-state index in [9.17, 15) is 64.8 Å². The molecule has 0 unspecified atom stereocenters. The predicted octanol–water partition coefficient (Wildman–Crippen LogP) is 9.40. The van der Waals surface area contributed by atoms with Crippen molar-refractivity contribution in [2.45, 2.75) is 134 Å². The van der Waals surface area contributed by atoms with Gasteiger partial charge in [0.25, 0.3) is 10.2 Å². The summed E-state index contributed by atoms with van der Waals surface area (Å²) in [5.74, 6) is -1.48. The van der Waals surface area contributed by atoms with Crippen LogP contribution in [-0.4, -0.2) is 155 Å². The highest BCUT2D eigenvalue weighted by Gasteiger charge is 2.45. The molecule has 0 atom stereocenters. The van der Waals surface area contributed by atoms with Gasteiger partial charge in [-0.1, -0.05) is 37.5 Å². The molecule has 4 saturated heterocycles. The van der Waals surface area contributed by atoms with Gasteiger partial charge in [0.05, 0.1) is 21.2 Å². The lowest BCUT2D eigenvalue weighted by Gasteiger charge is -2.41. The van der Waals surface area contributed by atoms with E-state index in [-0.39, 0.29) is 78.6 Å². The van der Waals surface area contributed by atoms with Crippen LogP contribution in [0.1, 0.15) is 106 Å². The van der Waals surface area contributed by atoms with E-state index in [2.05, 4.69) is 19.5 Å². The lowest BCUT2D eigenvalue weighted by atomic mass is 9.77. The van der Waals surface area contributed by atoms with E-state index >= 15 is 0 Å². The van der Waals surface area contributed by atoms with Gasteiger partial charge in [-0.3, -0.25) is 0 Å². The average Bonchev–Trinajstić information content (AvgIpc) is 1.67. The Hall–Kier alpha value is -5.40. The summed E-state index contributed by atoms with van der Waals surface area (Å²) in [5, 5.41) is 8.68. The van der Waals surface area contributed by atoms with Crippen LogP contribution in [-0.2, 0) is 76.2 Å². The molecule has 33 heteroatoms. The zero-order valence-corrected chi connectivity index (χ0v) is 59.2. The van der Waals surface area contributed by atoms with Crippen molar-refractivity contribution in [3.63, 3.8) is 0 Å². The average molecular weight is 1470 g/mol. The van der Waals surface area contributed by atoms with Gasteiger partial charge < -0.3 is 14.8 Å². The number of amides is 2. The van der Waals surface area contributed by atoms with Crippen molar-refractivity contribution in [3.8, 4) is 0 Å². The first-order valence-electron chi connectivity index (χ1n) is 30.9. The molecule has 1 saturated carbocycles. The molecule has 5 fully saturated rings. The van der Waals surface area contributed by atoms with E-state index in [0.29, 0.717) is 62.5 Å². The summed E-state index contributed by atoms with van der Waals surface area (Å²) in [4.78, 5) is 27.1. The normalized spacial score (nSPS) is 19.3. The Kier molecular flexibility index (Phi) is 23.9. The minimum Gasteiger partial charge on any atom is -0.447 e. The van der Waals surface area contributed by atoms with E-state index < -0.39 is 96.6 Å². The standard InChI is InChI=1S/C22H30FN3O4S3.C21H27FN2O4S2.C19H22FN3O6S3/c23-18-8-10-20(11-9-18)32(27,28)26-14-12-22(13-15-26,21-7-4-16-31-21)17-24-33(29,30)25-19-5-2-1-3-6-19;1-20(2,3)28-19(25)23-15-21(18-5-4-14-29-18)10-12-24(13-11-21)30(26,27)17-8-6-16(22)7-9-17;20-15-3-5-16(6-4-15)31(25,26)22-9-7-19(8-10-22,17-2-1-13-30-17)14-21-32(27,28)23-11-12-29-18(23)24/h4,7-11,16,19,24-25H,1-3,5-6,12-15,17H2;4-9,14H,10-13,15H2,1-3H3,(H,23,25);1-6,13,21H,7-12,14H2. The molecule has 4 aliphatic heterocycles. The molecule has 5 aliphatic rings.